The summed E-state index contributed by atoms with van der Waals surface area (Å²) in [5.74, 6) is -3.09. The van der Waals surface area contributed by atoms with Crippen LogP contribution in [0.3, 0.4) is 0 Å². The van der Waals surface area contributed by atoms with Gasteiger partial charge in [0, 0.05) is 12.1 Å². The first-order valence-corrected chi connectivity index (χ1v) is 7.07. The van der Waals surface area contributed by atoms with Crippen molar-refractivity contribution < 1.29 is 18.3 Å². The SMILES string of the molecule is CNC1CCC(Nc2ccc(C(=O)OC)c(F)c2F)CC1. The fourth-order valence-electron chi connectivity index (χ4n) is 2.67. The van der Waals surface area contributed by atoms with Gasteiger partial charge in [-0.3, -0.25) is 0 Å². The summed E-state index contributed by atoms with van der Waals surface area (Å²) in [6, 6.07) is 3.24. The minimum Gasteiger partial charge on any atom is -0.465 e. The molecule has 116 valence electrons. The maximum atomic E-state index is 14.0. The highest BCUT2D eigenvalue weighted by Gasteiger charge is 2.23. The van der Waals surface area contributed by atoms with Crippen LogP contribution in [0.15, 0.2) is 12.1 Å². The average Bonchev–Trinajstić information content (AvgIpc) is 2.52. The van der Waals surface area contributed by atoms with Gasteiger partial charge in [-0.15, -0.1) is 0 Å². The van der Waals surface area contributed by atoms with Crippen LogP contribution < -0.4 is 10.6 Å². The third-order valence-corrected chi connectivity index (χ3v) is 3.98. The van der Waals surface area contributed by atoms with E-state index in [2.05, 4.69) is 15.4 Å². The molecular weight excluding hydrogens is 278 g/mol. The van der Waals surface area contributed by atoms with Gasteiger partial charge in [0.2, 0.25) is 0 Å². The van der Waals surface area contributed by atoms with Gasteiger partial charge in [-0.2, -0.15) is 0 Å². The van der Waals surface area contributed by atoms with E-state index in [1.807, 2.05) is 7.05 Å². The molecule has 6 heteroatoms. The molecule has 0 unspecified atom stereocenters. The summed E-state index contributed by atoms with van der Waals surface area (Å²) >= 11 is 0. The minimum absolute atomic E-state index is 0.0908. The summed E-state index contributed by atoms with van der Waals surface area (Å²) in [6.07, 6.45) is 3.79. The molecule has 2 rings (SSSR count). The van der Waals surface area contributed by atoms with Crippen molar-refractivity contribution in [2.24, 2.45) is 0 Å². The van der Waals surface area contributed by atoms with E-state index in [0.29, 0.717) is 6.04 Å². The molecule has 0 aromatic heterocycles. The van der Waals surface area contributed by atoms with Gasteiger partial charge in [0.25, 0.3) is 0 Å². The zero-order valence-electron chi connectivity index (χ0n) is 12.2. The van der Waals surface area contributed by atoms with Gasteiger partial charge in [-0.1, -0.05) is 0 Å². The number of carbonyl (C=O) groups is 1. The standard InChI is InChI=1S/C15H20F2N2O2/c1-18-9-3-5-10(6-4-9)19-12-8-7-11(15(20)21-2)13(16)14(12)17/h7-10,18-19H,3-6H2,1-2H3. The molecule has 1 saturated carbocycles. The Morgan fingerprint density at radius 2 is 1.76 bits per heavy atom. The van der Waals surface area contributed by atoms with Crippen molar-refractivity contribution in [2.45, 2.75) is 37.8 Å². The Balaban J connectivity index is 2.08. The molecule has 0 radical (unpaired) electrons. The molecule has 0 spiro atoms. The Labute approximate surface area is 122 Å². The molecule has 21 heavy (non-hydrogen) atoms. The smallest absolute Gasteiger partial charge is 0.340 e. The molecule has 1 aliphatic carbocycles. The van der Waals surface area contributed by atoms with Crippen LogP contribution in [0.1, 0.15) is 36.0 Å². The monoisotopic (exact) mass is 298 g/mol. The van der Waals surface area contributed by atoms with Crippen molar-refractivity contribution in [3.63, 3.8) is 0 Å². The molecular formula is C15H20F2N2O2. The highest BCUT2D eigenvalue weighted by molar-refractivity contribution is 5.90. The topological polar surface area (TPSA) is 50.4 Å². The lowest BCUT2D eigenvalue weighted by atomic mass is 9.91. The van der Waals surface area contributed by atoms with Crippen molar-refractivity contribution in [1.29, 1.82) is 0 Å². The van der Waals surface area contributed by atoms with Crippen LogP contribution in [0.25, 0.3) is 0 Å². The van der Waals surface area contributed by atoms with Gasteiger partial charge in [0.1, 0.15) is 0 Å². The molecule has 4 nitrogen and oxygen atoms in total. The summed E-state index contributed by atoms with van der Waals surface area (Å²) in [7, 11) is 3.06. The van der Waals surface area contributed by atoms with Crippen LogP contribution in [0.4, 0.5) is 14.5 Å². The number of anilines is 1. The second-order valence-electron chi connectivity index (χ2n) is 5.26. The van der Waals surface area contributed by atoms with Crippen LogP contribution >= 0.6 is 0 Å². The summed E-state index contributed by atoms with van der Waals surface area (Å²) < 4.78 is 32.3. The lowest BCUT2D eigenvalue weighted by Crippen LogP contribution is -2.35. The van der Waals surface area contributed by atoms with E-state index in [1.165, 1.54) is 12.1 Å². The van der Waals surface area contributed by atoms with E-state index in [1.54, 1.807) is 0 Å². The molecule has 0 atom stereocenters. The van der Waals surface area contributed by atoms with Crippen molar-refractivity contribution in [3.05, 3.63) is 29.3 Å². The van der Waals surface area contributed by atoms with Crippen molar-refractivity contribution in [3.8, 4) is 0 Å². The number of methoxy groups -OCH3 is 1. The third kappa shape index (κ3) is 3.50. The van der Waals surface area contributed by atoms with Crippen LogP contribution in [0, 0.1) is 11.6 Å². The van der Waals surface area contributed by atoms with E-state index in [4.69, 9.17) is 0 Å². The predicted octanol–water partition coefficient (Wildman–Crippen LogP) is 2.69. The number of hydrogen-bond acceptors (Lipinski definition) is 4. The van der Waals surface area contributed by atoms with E-state index < -0.39 is 17.6 Å². The van der Waals surface area contributed by atoms with Crippen molar-refractivity contribution in [2.75, 3.05) is 19.5 Å². The molecule has 2 N–H and O–H groups in total. The Hall–Kier alpha value is -1.69. The molecule has 0 amide bonds. The van der Waals surface area contributed by atoms with Crippen LogP contribution in [-0.4, -0.2) is 32.2 Å². The average molecular weight is 298 g/mol. The number of halogens is 2. The zero-order chi connectivity index (χ0) is 15.4. The number of hydrogen-bond donors (Lipinski definition) is 2. The van der Waals surface area contributed by atoms with E-state index >= 15 is 0 Å². The Morgan fingerprint density at radius 1 is 1.14 bits per heavy atom. The Bertz CT molecular complexity index is 515. The van der Waals surface area contributed by atoms with Gasteiger partial charge in [0.15, 0.2) is 11.6 Å². The van der Waals surface area contributed by atoms with Gasteiger partial charge in [-0.25, -0.2) is 13.6 Å². The van der Waals surface area contributed by atoms with Crippen LogP contribution in [0.5, 0.6) is 0 Å². The molecule has 1 fully saturated rings. The van der Waals surface area contributed by atoms with Crippen LogP contribution in [-0.2, 0) is 4.74 Å². The first-order chi connectivity index (χ1) is 10.1. The van der Waals surface area contributed by atoms with E-state index in [0.717, 1.165) is 32.8 Å². The fourth-order valence-corrected chi connectivity index (χ4v) is 2.67. The maximum Gasteiger partial charge on any atom is 0.340 e. The molecule has 1 aromatic carbocycles. The van der Waals surface area contributed by atoms with Gasteiger partial charge >= 0.3 is 5.97 Å². The zero-order valence-corrected chi connectivity index (χ0v) is 12.2. The maximum absolute atomic E-state index is 14.0. The van der Waals surface area contributed by atoms with E-state index in [9.17, 15) is 13.6 Å². The molecule has 0 bridgehead atoms. The lowest BCUT2D eigenvalue weighted by Gasteiger charge is -2.29. The number of ether oxygens (including phenoxy) is 1. The largest absolute Gasteiger partial charge is 0.465 e. The summed E-state index contributed by atoms with van der Waals surface area (Å²) in [4.78, 5) is 11.3. The third-order valence-electron chi connectivity index (χ3n) is 3.98. The Morgan fingerprint density at radius 3 is 2.33 bits per heavy atom. The van der Waals surface area contributed by atoms with Crippen LogP contribution in [0.2, 0.25) is 0 Å². The molecule has 1 aliphatic rings. The highest BCUT2D eigenvalue weighted by atomic mass is 19.2. The van der Waals surface area contributed by atoms with Crippen molar-refractivity contribution in [1.82, 2.24) is 5.32 Å². The van der Waals surface area contributed by atoms with Gasteiger partial charge in [-0.05, 0) is 44.9 Å². The Kier molecular flexibility index (Phi) is 5.12. The number of nitrogens with one attached hydrogen (secondary N) is 2. The second-order valence-corrected chi connectivity index (χ2v) is 5.26. The first kappa shape index (κ1) is 15.7. The van der Waals surface area contributed by atoms with E-state index in [-0.39, 0.29) is 17.3 Å². The summed E-state index contributed by atoms with van der Waals surface area (Å²) in [5.41, 5.74) is -0.299. The number of carbonyl (C=O) groups excluding carboxylic acids is 1. The fraction of sp³-hybridized carbons (Fsp3) is 0.533. The predicted molar refractivity (Wildman–Crippen MR) is 76.4 cm³/mol. The molecule has 0 aliphatic heterocycles. The minimum atomic E-state index is -1.17. The normalized spacial score (nSPS) is 21.9. The first-order valence-electron chi connectivity index (χ1n) is 7.07. The lowest BCUT2D eigenvalue weighted by molar-refractivity contribution is 0.0594. The molecule has 0 heterocycles. The number of esters is 1. The van der Waals surface area contributed by atoms with Gasteiger partial charge in [0.05, 0.1) is 18.4 Å². The van der Waals surface area contributed by atoms with Crippen molar-refractivity contribution >= 4 is 11.7 Å². The molecule has 1 aromatic rings. The second kappa shape index (κ2) is 6.85. The quantitative estimate of drug-likeness (QED) is 0.839. The summed E-state index contributed by atoms with van der Waals surface area (Å²) in [6.45, 7) is 0. The van der Waals surface area contributed by atoms with Gasteiger partial charge < -0.3 is 15.4 Å². The number of rotatable bonds is 4. The summed E-state index contributed by atoms with van der Waals surface area (Å²) in [5, 5.41) is 6.25. The molecule has 0 saturated heterocycles. The number of benzene rings is 1. The highest BCUT2D eigenvalue weighted by Crippen LogP contribution is 2.26.